The molecule has 2 rings (SSSR count). The summed E-state index contributed by atoms with van der Waals surface area (Å²) in [6.07, 6.45) is -2.00. The maximum atomic E-state index is 7.95. The highest BCUT2D eigenvalue weighted by atomic mass is 79.9. The summed E-state index contributed by atoms with van der Waals surface area (Å²) >= 11 is 2.96. The molecule has 0 fully saturated rings. The van der Waals surface area contributed by atoms with E-state index in [0.29, 0.717) is 0 Å². The van der Waals surface area contributed by atoms with Crippen LogP contribution in [-0.2, 0) is 0 Å². The number of hydrogen-bond acceptors (Lipinski definition) is 2. The van der Waals surface area contributed by atoms with Crippen molar-refractivity contribution in [3.8, 4) is 5.69 Å². The van der Waals surface area contributed by atoms with Crippen LogP contribution in [0.2, 0.25) is 0 Å². The molecule has 0 atom stereocenters. The first-order chi connectivity index (χ1) is 9.55. The van der Waals surface area contributed by atoms with Gasteiger partial charge in [-0.05, 0) is 34.4 Å². The van der Waals surface area contributed by atoms with Gasteiger partial charge in [0.1, 0.15) is 12.3 Å². The van der Waals surface area contributed by atoms with Crippen molar-refractivity contribution >= 4 is 15.9 Å². The number of nitrogens with zero attached hydrogens (tertiary/aromatic N) is 3. The van der Waals surface area contributed by atoms with Crippen molar-refractivity contribution < 1.29 is 11.0 Å². The third-order valence-corrected chi connectivity index (χ3v) is 1.60. The van der Waals surface area contributed by atoms with Crippen LogP contribution in [0.3, 0.4) is 0 Å². The highest BCUT2D eigenvalue weighted by molar-refractivity contribution is 9.10. The molecule has 0 saturated heterocycles. The molecule has 66 valence electrons. The topological polar surface area (TPSA) is 30.7 Å². The molecule has 0 aliphatic carbocycles. The van der Waals surface area contributed by atoms with Crippen LogP contribution < -0.4 is 0 Å². The van der Waals surface area contributed by atoms with Crippen molar-refractivity contribution in [3.05, 3.63) is 41.0 Å². The predicted molar refractivity (Wildman–Crippen MR) is 53.8 cm³/mol. The van der Waals surface area contributed by atoms with Gasteiger partial charge in [0.2, 0.25) is 0 Å². The summed E-state index contributed by atoms with van der Waals surface area (Å²) in [6.45, 7) is -2.76. The summed E-state index contributed by atoms with van der Waals surface area (Å²) in [5.41, 5.74) is -0.984. The summed E-state index contributed by atoms with van der Waals surface area (Å²) in [5, 5.41) is 0. The molecule has 0 bridgehead atoms. The van der Waals surface area contributed by atoms with Gasteiger partial charge in [0.25, 0.3) is 0 Å². The normalized spacial score (nSPS) is 20.1. The van der Waals surface area contributed by atoms with Gasteiger partial charge in [-0.25, -0.2) is 4.98 Å². The number of pyridine rings is 1. The third-order valence-electron chi connectivity index (χ3n) is 1.25. The summed E-state index contributed by atoms with van der Waals surface area (Å²) in [4.78, 5) is 7.15. The van der Waals surface area contributed by atoms with Gasteiger partial charge in [-0.15, -0.1) is 0 Å². The molecule has 0 spiro atoms. The van der Waals surface area contributed by atoms with E-state index in [1.807, 2.05) is 0 Å². The second kappa shape index (κ2) is 3.30. The van der Waals surface area contributed by atoms with Crippen molar-refractivity contribution in [1.82, 2.24) is 14.5 Å². The number of halogens is 1. The fourth-order valence-corrected chi connectivity index (χ4v) is 1.02. The van der Waals surface area contributed by atoms with Gasteiger partial charge in [0.05, 0.1) is 17.3 Å². The Morgan fingerprint density at radius 3 is 3.23 bits per heavy atom. The van der Waals surface area contributed by atoms with Crippen molar-refractivity contribution in [2.24, 2.45) is 0 Å². The van der Waals surface area contributed by atoms with Crippen LogP contribution in [0.5, 0.6) is 0 Å². The molecule has 2 aromatic heterocycles. The molecule has 13 heavy (non-hydrogen) atoms. The van der Waals surface area contributed by atoms with E-state index in [9.17, 15) is 0 Å². The maximum absolute atomic E-state index is 7.95. The smallest absolute Gasteiger partial charge is 0.124 e. The van der Waals surface area contributed by atoms with E-state index in [1.54, 1.807) is 0 Å². The van der Waals surface area contributed by atoms with E-state index < -0.39 is 37.1 Å². The van der Waals surface area contributed by atoms with Crippen molar-refractivity contribution in [2.75, 3.05) is 0 Å². The highest BCUT2D eigenvalue weighted by Gasteiger charge is 1.98. The monoisotopic (exact) mass is 245 g/mol. The minimum Gasteiger partial charge on any atom is -0.304 e. The Bertz CT molecular complexity index is 723. The van der Waals surface area contributed by atoms with Gasteiger partial charge < -0.3 is 4.57 Å². The predicted octanol–water partition coefficient (Wildman–Crippen LogP) is 2.34. The molecular weight excluding hydrogens is 230 g/mol. The molecule has 0 unspecified atom stereocenters. The molecule has 0 radical (unpaired) electrons. The molecule has 0 aliphatic rings. The standard InChI is InChI=1S/C9H8BrN3/c1-7-2-8(4-11-3-7)13-5-9(10)12-6-13/h2-6H,1H3/i1D3,2D,3D,4D,5D,6D. The minimum absolute atomic E-state index is 0.0247. The Kier molecular flexibility index (Phi) is 0.813. The summed E-state index contributed by atoms with van der Waals surface area (Å²) in [6, 6.07) is -0.632. The van der Waals surface area contributed by atoms with E-state index in [-0.39, 0.29) is 16.5 Å². The van der Waals surface area contributed by atoms with E-state index in [1.165, 1.54) is 0 Å². The largest absolute Gasteiger partial charge is 0.304 e. The van der Waals surface area contributed by atoms with Gasteiger partial charge in [0, 0.05) is 16.5 Å². The molecule has 0 N–H and O–H groups in total. The minimum atomic E-state index is -2.76. The van der Waals surface area contributed by atoms with Crippen LogP contribution in [0.1, 0.15) is 16.5 Å². The van der Waals surface area contributed by atoms with Crippen molar-refractivity contribution in [3.63, 3.8) is 0 Å². The van der Waals surface area contributed by atoms with Crippen LogP contribution in [0.15, 0.2) is 35.5 Å². The first-order valence-corrected chi connectivity index (χ1v) is 4.05. The van der Waals surface area contributed by atoms with Gasteiger partial charge in [0.15, 0.2) is 0 Å². The first-order valence-electron chi connectivity index (χ1n) is 7.25. The Morgan fingerprint density at radius 1 is 1.62 bits per heavy atom. The van der Waals surface area contributed by atoms with Gasteiger partial charge in [-0.2, -0.15) is 0 Å². The van der Waals surface area contributed by atoms with E-state index >= 15 is 0 Å². The molecule has 2 aromatic rings. The average molecular weight is 246 g/mol. The Balaban J connectivity index is 2.88. The van der Waals surface area contributed by atoms with Gasteiger partial charge in [-0.1, -0.05) is 0 Å². The lowest BCUT2D eigenvalue weighted by Crippen LogP contribution is -1.91. The zero-order valence-electron chi connectivity index (χ0n) is 14.2. The summed E-state index contributed by atoms with van der Waals surface area (Å²) in [7, 11) is 0. The van der Waals surface area contributed by atoms with Gasteiger partial charge >= 0.3 is 0 Å². The van der Waals surface area contributed by atoms with Crippen LogP contribution in [0.4, 0.5) is 0 Å². The molecule has 0 saturated carbocycles. The van der Waals surface area contributed by atoms with Crippen LogP contribution in [0.25, 0.3) is 5.69 Å². The molecular formula is C9H8BrN3. The lowest BCUT2D eigenvalue weighted by atomic mass is 10.3. The second-order valence-electron chi connectivity index (χ2n) is 2.13. The van der Waals surface area contributed by atoms with Crippen LogP contribution >= 0.6 is 15.9 Å². The number of rotatable bonds is 1. The quantitative estimate of drug-likeness (QED) is 0.773. The molecule has 4 heteroatoms. The molecule has 3 nitrogen and oxygen atoms in total. The Labute approximate surface area is 95.8 Å². The molecule has 0 amide bonds. The number of imidazole rings is 1. The molecule has 2 heterocycles. The SMILES string of the molecule is [2H]c1nc([2H])c(C([2H])([2H])[2H])c([2H])c1-n1c([2H])nc(Br)c1[2H]. The lowest BCUT2D eigenvalue weighted by Gasteiger charge is -2.00. The van der Waals surface area contributed by atoms with E-state index in [2.05, 4.69) is 25.9 Å². The average Bonchev–Trinajstić information content (AvgIpc) is 2.53. The number of hydrogen-bond donors (Lipinski definition) is 0. The zero-order valence-corrected chi connectivity index (χ0v) is 7.81. The van der Waals surface area contributed by atoms with Crippen LogP contribution in [0, 0.1) is 6.85 Å². The summed E-state index contributed by atoms with van der Waals surface area (Å²) in [5.74, 6) is 0. The first kappa shape index (κ1) is 3.20. The third kappa shape index (κ3) is 1.78. The molecule has 0 aliphatic heterocycles. The fourth-order valence-electron chi connectivity index (χ4n) is 0.759. The number of aromatic nitrogens is 3. The Hall–Kier alpha value is -1.16. The Morgan fingerprint density at radius 2 is 2.54 bits per heavy atom. The summed E-state index contributed by atoms with van der Waals surface area (Å²) < 4.78 is 61.6. The van der Waals surface area contributed by atoms with E-state index in [4.69, 9.17) is 11.0 Å². The van der Waals surface area contributed by atoms with Crippen molar-refractivity contribution in [1.29, 1.82) is 0 Å². The van der Waals surface area contributed by atoms with Gasteiger partial charge in [-0.3, -0.25) is 4.98 Å². The van der Waals surface area contributed by atoms with E-state index in [0.717, 1.165) is 4.57 Å². The lowest BCUT2D eigenvalue weighted by molar-refractivity contribution is 1.03. The molecule has 0 aromatic carbocycles. The van der Waals surface area contributed by atoms with Crippen LogP contribution in [-0.4, -0.2) is 14.5 Å². The fraction of sp³-hybridized carbons (Fsp3) is 0.111. The zero-order chi connectivity index (χ0) is 16.1. The maximum Gasteiger partial charge on any atom is 0.124 e. The second-order valence-corrected chi connectivity index (χ2v) is 2.88. The highest BCUT2D eigenvalue weighted by Crippen LogP contribution is 2.11. The van der Waals surface area contributed by atoms with Crippen molar-refractivity contribution in [2.45, 2.75) is 6.85 Å².